The average molecular weight is 478 g/mol. The van der Waals surface area contributed by atoms with E-state index in [1.54, 1.807) is 50.5 Å². The monoisotopic (exact) mass is 477 g/mol. The molecule has 0 fully saturated rings. The van der Waals surface area contributed by atoms with Crippen LogP contribution >= 0.6 is 0 Å². The number of ether oxygens (including phenoxy) is 3. The van der Waals surface area contributed by atoms with Gasteiger partial charge < -0.3 is 28.1 Å². The Bertz CT molecular complexity index is 1210. The van der Waals surface area contributed by atoms with Gasteiger partial charge in [-0.2, -0.15) is 4.98 Å². The van der Waals surface area contributed by atoms with Crippen molar-refractivity contribution < 1.29 is 27.9 Å². The Kier molecular flexibility index (Phi) is 7.67. The Morgan fingerprint density at radius 2 is 1.63 bits per heavy atom. The summed E-state index contributed by atoms with van der Waals surface area (Å²) in [7, 11) is 4.63. The fraction of sp³-hybridized carbons (Fsp3) is 0.269. The van der Waals surface area contributed by atoms with Crippen molar-refractivity contribution in [1.29, 1.82) is 0 Å². The molecule has 35 heavy (non-hydrogen) atoms. The highest BCUT2D eigenvalue weighted by atomic mass is 16.5. The highest BCUT2D eigenvalue weighted by Crippen LogP contribution is 2.40. The van der Waals surface area contributed by atoms with Gasteiger partial charge in [0.15, 0.2) is 17.3 Å². The first-order chi connectivity index (χ1) is 17.1. The minimum absolute atomic E-state index is 0.185. The molecule has 2 heterocycles. The largest absolute Gasteiger partial charge is 0.493 e. The topological polar surface area (TPSA) is 100 Å². The van der Waals surface area contributed by atoms with Gasteiger partial charge in [0.25, 0.3) is 5.91 Å². The number of carbonyl (C=O) groups is 1. The zero-order valence-electron chi connectivity index (χ0n) is 19.9. The van der Waals surface area contributed by atoms with Crippen LogP contribution in [-0.4, -0.2) is 55.4 Å². The first-order valence-electron chi connectivity index (χ1n) is 11.1. The standard InChI is InChI=1S/C26H27N3O6/c1-31-21-16-19(17-22(32-2)24(21)33-3)25-27-23(35-28-25)12-14-29(26(30)20-10-7-15-34-20)13-11-18-8-5-4-6-9-18/h4-10,15-17H,11-14H2,1-3H3. The summed E-state index contributed by atoms with van der Waals surface area (Å²) >= 11 is 0. The Hall–Kier alpha value is -4.27. The third-order valence-electron chi connectivity index (χ3n) is 5.52. The number of benzene rings is 2. The van der Waals surface area contributed by atoms with Gasteiger partial charge >= 0.3 is 0 Å². The first kappa shape index (κ1) is 23.9. The molecule has 0 unspecified atom stereocenters. The minimum Gasteiger partial charge on any atom is -0.493 e. The predicted molar refractivity (Wildman–Crippen MR) is 128 cm³/mol. The van der Waals surface area contributed by atoms with E-state index < -0.39 is 0 Å². The van der Waals surface area contributed by atoms with E-state index in [0.717, 1.165) is 5.56 Å². The summed E-state index contributed by atoms with van der Waals surface area (Å²) in [6.45, 7) is 0.917. The van der Waals surface area contributed by atoms with Crippen molar-refractivity contribution in [2.75, 3.05) is 34.4 Å². The lowest BCUT2D eigenvalue weighted by Crippen LogP contribution is -2.34. The van der Waals surface area contributed by atoms with Crippen molar-refractivity contribution in [3.63, 3.8) is 0 Å². The minimum atomic E-state index is -0.185. The van der Waals surface area contributed by atoms with Gasteiger partial charge in [0.1, 0.15) is 0 Å². The molecule has 0 atom stereocenters. The molecule has 4 aromatic rings. The molecule has 0 aliphatic carbocycles. The van der Waals surface area contributed by atoms with Gasteiger partial charge in [-0.3, -0.25) is 4.79 Å². The van der Waals surface area contributed by atoms with Crippen LogP contribution in [0.4, 0.5) is 0 Å². The smallest absolute Gasteiger partial charge is 0.289 e. The second-order valence-corrected chi connectivity index (χ2v) is 7.68. The van der Waals surface area contributed by atoms with Crippen LogP contribution in [-0.2, 0) is 12.8 Å². The maximum Gasteiger partial charge on any atom is 0.289 e. The van der Waals surface area contributed by atoms with Crippen molar-refractivity contribution in [3.8, 4) is 28.6 Å². The van der Waals surface area contributed by atoms with Gasteiger partial charge in [-0.05, 0) is 36.2 Å². The van der Waals surface area contributed by atoms with E-state index in [-0.39, 0.29) is 5.91 Å². The van der Waals surface area contributed by atoms with E-state index in [1.165, 1.54) is 6.26 Å². The molecule has 9 heteroatoms. The second kappa shape index (κ2) is 11.2. The van der Waals surface area contributed by atoms with Crippen LogP contribution in [0.2, 0.25) is 0 Å². The molecule has 0 radical (unpaired) electrons. The van der Waals surface area contributed by atoms with E-state index in [0.29, 0.717) is 66.2 Å². The van der Waals surface area contributed by atoms with Crippen molar-refractivity contribution in [2.45, 2.75) is 12.8 Å². The van der Waals surface area contributed by atoms with Crippen molar-refractivity contribution >= 4 is 5.91 Å². The van der Waals surface area contributed by atoms with Crippen LogP contribution in [0.3, 0.4) is 0 Å². The van der Waals surface area contributed by atoms with E-state index >= 15 is 0 Å². The highest BCUT2D eigenvalue weighted by Gasteiger charge is 2.21. The van der Waals surface area contributed by atoms with Gasteiger partial charge in [-0.25, -0.2) is 0 Å². The van der Waals surface area contributed by atoms with Crippen LogP contribution in [0.25, 0.3) is 11.4 Å². The van der Waals surface area contributed by atoms with Crippen LogP contribution in [0.5, 0.6) is 17.2 Å². The van der Waals surface area contributed by atoms with Gasteiger partial charge in [-0.15, -0.1) is 0 Å². The number of furan rings is 1. The molecule has 182 valence electrons. The van der Waals surface area contributed by atoms with Gasteiger partial charge in [0, 0.05) is 25.1 Å². The maximum atomic E-state index is 13.0. The fourth-order valence-corrected chi connectivity index (χ4v) is 3.69. The first-order valence-corrected chi connectivity index (χ1v) is 11.1. The zero-order valence-corrected chi connectivity index (χ0v) is 19.9. The summed E-state index contributed by atoms with van der Waals surface area (Å²) in [5.41, 5.74) is 1.80. The van der Waals surface area contributed by atoms with Gasteiger partial charge in [-0.1, -0.05) is 35.5 Å². The quantitative estimate of drug-likeness (QED) is 0.316. The molecule has 9 nitrogen and oxygen atoms in total. The van der Waals surface area contributed by atoms with Crippen LogP contribution < -0.4 is 14.2 Å². The summed E-state index contributed by atoms with van der Waals surface area (Å²) in [6.07, 6.45) is 2.59. The SMILES string of the molecule is COc1cc(-c2noc(CCN(CCc3ccccc3)C(=O)c3ccco3)n2)cc(OC)c1OC. The summed E-state index contributed by atoms with van der Waals surface area (Å²) in [5.74, 6) is 2.36. The molecule has 0 N–H and O–H groups in total. The lowest BCUT2D eigenvalue weighted by Gasteiger charge is -2.21. The van der Waals surface area contributed by atoms with Crippen LogP contribution in [0, 0.1) is 0 Å². The van der Waals surface area contributed by atoms with Crippen LogP contribution in [0.15, 0.2) is 69.8 Å². The molecule has 2 aromatic carbocycles. The molecule has 0 saturated carbocycles. The molecule has 2 aromatic heterocycles. The van der Waals surface area contributed by atoms with E-state index in [1.807, 2.05) is 30.3 Å². The number of aromatic nitrogens is 2. The van der Waals surface area contributed by atoms with Gasteiger partial charge in [0.2, 0.25) is 17.5 Å². The Morgan fingerprint density at radius 3 is 2.26 bits per heavy atom. The Balaban J connectivity index is 1.49. The van der Waals surface area contributed by atoms with E-state index in [9.17, 15) is 4.79 Å². The average Bonchev–Trinajstić information content (AvgIpc) is 3.61. The predicted octanol–water partition coefficient (Wildman–Crippen LogP) is 4.28. The number of nitrogens with zero attached hydrogens (tertiary/aromatic N) is 3. The number of hydrogen-bond donors (Lipinski definition) is 0. The van der Waals surface area contributed by atoms with Crippen LogP contribution in [0.1, 0.15) is 22.0 Å². The lowest BCUT2D eigenvalue weighted by atomic mass is 10.1. The summed E-state index contributed by atoms with van der Waals surface area (Å²) in [6, 6.07) is 16.9. The number of methoxy groups -OCH3 is 3. The maximum absolute atomic E-state index is 13.0. The molecule has 0 spiro atoms. The molecular weight excluding hydrogens is 450 g/mol. The van der Waals surface area contributed by atoms with Crippen molar-refractivity contribution in [2.24, 2.45) is 0 Å². The van der Waals surface area contributed by atoms with E-state index in [2.05, 4.69) is 10.1 Å². The third kappa shape index (κ3) is 5.63. The van der Waals surface area contributed by atoms with Crippen molar-refractivity contribution in [1.82, 2.24) is 15.0 Å². The highest BCUT2D eigenvalue weighted by molar-refractivity contribution is 5.91. The molecule has 1 amide bonds. The van der Waals surface area contributed by atoms with Crippen molar-refractivity contribution in [3.05, 3.63) is 78.1 Å². The molecule has 4 rings (SSSR count). The Labute approximate surface area is 203 Å². The molecule has 0 aliphatic heterocycles. The second-order valence-electron chi connectivity index (χ2n) is 7.68. The molecular formula is C26H27N3O6. The number of carbonyl (C=O) groups excluding carboxylic acids is 1. The lowest BCUT2D eigenvalue weighted by molar-refractivity contribution is 0.0724. The number of hydrogen-bond acceptors (Lipinski definition) is 8. The molecule has 0 bridgehead atoms. The number of amides is 1. The number of rotatable bonds is 11. The third-order valence-corrected chi connectivity index (χ3v) is 5.52. The normalized spacial score (nSPS) is 10.7. The fourth-order valence-electron chi connectivity index (χ4n) is 3.69. The van der Waals surface area contributed by atoms with E-state index in [4.69, 9.17) is 23.2 Å². The van der Waals surface area contributed by atoms with Gasteiger partial charge in [0.05, 0.1) is 27.6 Å². The summed E-state index contributed by atoms with van der Waals surface area (Å²) in [4.78, 5) is 19.2. The zero-order chi connectivity index (χ0) is 24.6. The Morgan fingerprint density at radius 1 is 0.914 bits per heavy atom. The molecule has 0 saturated heterocycles. The summed E-state index contributed by atoms with van der Waals surface area (Å²) in [5, 5.41) is 4.10. The summed E-state index contributed by atoms with van der Waals surface area (Å²) < 4.78 is 27.0. The molecule has 0 aliphatic rings.